The van der Waals surface area contributed by atoms with Gasteiger partial charge < -0.3 is 20.2 Å². The number of hydrogen-bond donors (Lipinski definition) is 2. The third-order valence-corrected chi connectivity index (χ3v) is 4.87. The molecular weight excluding hydrogens is 294 g/mol. The van der Waals surface area contributed by atoms with Crippen LogP contribution in [0, 0.1) is 0 Å². The van der Waals surface area contributed by atoms with Crippen LogP contribution in [0.25, 0.3) is 11.0 Å². The predicted octanol–water partition coefficient (Wildman–Crippen LogP) is 1.56. The molecule has 0 amide bonds. The molecule has 0 radical (unpaired) electrons. The fourth-order valence-corrected chi connectivity index (χ4v) is 3.65. The summed E-state index contributed by atoms with van der Waals surface area (Å²) in [6, 6.07) is 2.55. The second-order valence-electron chi connectivity index (χ2n) is 6.32. The Morgan fingerprint density at radius 3 is 2.74 bits per heavy atom. The van der Waals surface area contributed by atoms with Crippen LogP contribution in [0.3, 0.4) is 0 Å². The van der Waals surface area contributed by atoms with Gasteiger partial charge in [0.25, 0.3) is 0 Å². The van der Waals surface area contributed by atoms with E-state index in [0.717, 1.165) is 50.2 Å². The number of anilines is 1. The van der Waals surface area contributed by atoms with Crippen LogP contribution < -0.4 is 10.5 Å². The Morgan fingerprint density at radius 2 is 1.96 bits per heavy atom. The molecule has 0 spiro atoms. The van der Waals surface area contributed by atoms with E-state index in [1.54, 1.807) is 0 Å². The first-order valence-electron chi connectivity index (χ1n) is 8.38. The Hall–Kier alpha value is -1.86. The smallest absolute Gasteiger partial charge is 0.243 e. The first kappa shape index (κ1) is 14.7. The summed E-state index contributed by atoms with van der Waals surface area (Å²) in [5.41, 5.74) is 7.40. The van der Waals surface area contributed by atoms with Crippen LogP contribution in [-0.2, 0) is 4.74 Å². The maximum absolute atomic E-state index is 6.14. The van der Waals surface area contributed by atoms with Crippen LogP contribution in [0.1, 0.15) is 25.7 Å². The van der Waals surface area contributed by atoms with Crippen LogP contribution in [0.15, 0.2) is 12.3 Å². The highest BCUT2D eigenvalue weighted by atomic mass is 16.5. The SMILES string of the molecule is Nc1nc(OC2CCC(N3CCOCC3)CC2)c2[nH]ccc2n1. The molecule has 2 aromatic rings. The van der Waals surface area contributed by atoms with Crippen LogP contribution in [0.2, 0.25) is 0 Å². The van der Waals surface area contributed by atoms with Crippen LogP contribution in [0.5, 0.6) is 5.88 Å². The number of aromatic amines is 1. The van der Waals surface area contributed by atoms with Crippen LogP contribution in [-0.4, -0.2) is 58.3 Å². The molecular formula is C16H23N5O2. The molecule has 3 heterocycles. The van der Waals surface area contributed by atoms with E-state index in [1.165, 1.54) is 12.8 Å². The molecule has 1 aliphatic heterocycles. The van der Waals surface area contributed by atoms with E-state index < -0.39 is 0 Å². The third kappa shape index (κ3) is 3.11. The van der Waals surface area contributed by atoms with Crippen molar-refractivity contribution in [3.05, 3.63) is 12.3 Å². The molecule has 0 aromatic carbocycles. The number of nitrogens with one attached hydrogen (secondary N) is 1. The van der Waals surface area contributed by atoms with Crippen LogP contribution in [0.4, 0.5) is 5.95 Å². The minimum Gasteiger partial charge on any atom is -0.473 e. The number of aromatic nitrogens is 3. The van der Waals surface area contributed by atoms with Crippen molar-refractivity contribution in [1.82, 2.24) is 19.9 Å². The molecule has 1 saturated heterocycles. The Kier molecular flexibility index (Phi) is 4.05. The van der Waals surface area contributed by atoms with Crippen molar-refractivity contribution in [3.8, 4) is 5.88 Å². The molecule has 0 unspecified atom stereocenters. The standard InChI is InChI=1S/C16H23N5O2/c17-16-19-13-5-6-18-14(13)15(20-16)23-12-3-1-11(2-4-12)21-7-9-22-10-8-21/h5-6,11-12,18H,1-4,7-10H2,(H2,17,19,20). The van der Waals surface area contributed by atoms with Gasteiger partial charge in [-0.1, -0.05) is 0 Å². The molecule has 2 aromatic heterocycles. The minimum absolute atomic E-state index is 0.202. The summed E-state index contributed by atoms with van der Waals surface area (Å²) in [5, 5.41) is 0. The summed E-state index contributed by atoms with van der Waals surface area (Å²) in [7, 11) is 0. The lowest BCUT2D eigenvalue weighted by Crippen LogP contribution is -2.46. The normalized spacial score (nSPS) is 26.4. The van der Waals surface area contributed by atoms with E-state index in [9.17, 15) is 0 Å². The van der Waals surface area contributed by atoms with Gasteiger partial charge in [0.05, 0.1) is 18.7 Å². The molecule has 7 nitrogen and oxygen atoms in total. The van der Waals surface area contributed by atoms with Crippen molar-refractivity contribution in [3.63, 3.8) is 0 Å². The summed E-state index contributed by atoms with van der Waals surface area (Å²) in [5.74, 6) is 0.835. The lowest BCUT2D eigenvalue weighted by molar-refractivity contribution is -0.00126. The van der Waals surface area contributed by atoms with Gasteiger partial charge >= 0.3 is 0 Å². The summed E-state index contributed by atoms with van der Waals surface area (Å²) in [6.07, 6.45) is 6.47. The maximum atomic E-state index is 6.14. The van der Waals surface area contributed by atoms with Crippen LogP contribution >= 0.6 is 0 Å². The van der Waals surface area contributed by atoms with E-state index in [-0.39, 0.29) is 12.1 Å². The molecule has 0 atom stereocenters. The summed E-state index contributed by atoms with van der Waals surface area (Å²) >= 11 is 0. The van der Waals surface area contributed by atoms with Gasteiger partial charge in [0.15, 0.2) is 0 Å². The number of nitrogen functional groups attached to an aromatic ring is 1. The van der Waals surface area contributed by atoms with Crippen molar-refractivity contribution in [1.29, 1.82) is 0 Å². The van der Waals surface area contributed by atoms with Crippen molar-refractivity contribution in [2.24, 2.45) is 0 Å². The number of fused-ring (bicyclic) bond motifs is 1. The Balaban J connectivity index is 1.39. The molecule has 1 saturated carbocycles. The predicted molar refractivity (Wildman–Crippen MR) is 87.4 cm³/mol. The number of morpholine rings is 1. The third-order valence-electron chi connectivity index (χ3n) is 4.87. The van der Waals surface area contributed by atoms with Crippen molar-refractivity contribution in [2.45, 2.75) is 37.8 Å². The minimum atomic E-state index is 0.202. The van der Waals surface area contributed by atoms with Gasteiger partial charge in [-0.2, -0.15) is 4.98 Å². The monoisotopic (exact) mass is 317 g/mol. The highest BCUT2D eigenvalue weighted by molar-refractivity contribution is 5.80. The first-order chi connectivity index (χ1) is 11.3. The Bertz CT molecular complexity index is 660. The van der Waals surface area contributed by atoms with Gasteiger partial charge in [0.1, 0.15) is 11.6 Å². The van der Waals surface area contributed by atoms with E-state index in [1.807, 2.05) is 12.3 Å². The fraction of sp³-hybridized carbons (Fsp3) is 0.625. The van der Waals surface area contributed by atoms with Crippen molar-refractivity contribution >= 4 is 17.0 Å². The lowest BCUT2D eigenvalue weighted by atomic mass is 9.91. The van der Waals surface area contributed by atoms with E-state index in [2.05, 4.69) is 19.9 Å². The fourth-order valence-electron chi connectivity index (χ4n) is 3.65. The maximum Gasteiger partial charge on any atom is 0.243 e. The van der Waals surface area contributed by atoms with E-state index >= 15 is 0 Å². The number of nitrogens with two attached hydrogens (primary N) is 1. The quantitative estimate of drug-likeness (QED) is 0.893. The molecule has 7 heteroatoms. The highest BCUT2D eigenvalue weighted by Gasteiger charge is 2.28. The number of nitrogens with zero attached hydrogens (tertiary/aromatic N) is 3. The van der Waals surface area contributed by atoms with Gasteiger partial charge in [-0.05, 0) is 31.7 Å². The largest absolute Gasteiger partial charge is 0.473 e. The van der Waals surface area contributed by atoms with Gasteiger partial charge in [-0.3, -0.25) is 4.90 Å². The zero-order chi connectivity index (χ0) is 15.6. The molecule has 3 N–H and O–H groups in total. The molecule has 4 rings (SSSR count). The molecule has 124 valence electrons. The van der Waals surface area contributed by atoms with Crippen molar-refractivity contribution in [2.75, 3.05) is 32.0 Å². The van der Waals surface area contributed by atoms with Gasteiger partial charge in [-0.15, -0.1) is 0 Å². The molecule has 2 fully saturated rings. The Morgan fingerprint density at radius 1 is 1.17 bits per heavy atom. The number of hydrogen-bond acceptors (Lipinski definition) is 6. The summed E-state index contributed by atoms with van der Waals surface area (Å²) in [4.78, 5) is 14.2. The summed E-state index contributed by atoms with van der Waals surface area (Å²) < 4.78 is 11.6. The molecule has 23 heavy (non-hydrogen) atoms. The number of ether oxygens (including phenoxy) is 2. The average Bonchev–Trinajstić information content (AvgIpc) is 3.05. The zero-order valence-corrected chi connectivity index (χ0v) is 13.2. The second kappa shape index (κ2) is 6.33. The second-order valence-corrected chi connectivity index (χ2v) is 6.32. The van der Waals surface area contributed by atoms with Gasteiger partial charge in [0, 0.05) is 25.3 Å². The van der Waals surface area contributed by atoms with Gasteiger partial charge in [0.2, 0.25) is 11.8 Å². The van der Waals surface area contributed by atoms with Gasteiger partial charge in [-0.25, -0.2) is 4.98 Å². The van der Waals surface area contributed by atoms with Crippen molar-refractivity contribution < 1.29 is 9.47 Å². The first-order valence-corrected chi connectivity index (χ1v) is 8.38. The Labute approximate surface area is 135 Å². The summed E-state index contributed by atoms with van der Waals surface area (Å²) in [6.45, 7) is 3.84. The molecule has 0 bridgehead atoms. The lowest BCUT2D eigenvalue weighted by Gasteiger charge is -2.38. The van der Waals surface area contributed by atoms with E-state index in [4.69, 9.17) is 15.2 Å². The number of rotatable bonds is 3. The van der Waals surface area contributed by atoms with E-state index in [0.29, 0.717) is 11.9 Å². The topological polar surface area (TPSA) is 89.3 Å². The highest BCUT2D eigenvalue weighted by Crippen LogP contribution is 2.29. The molecule has 1 aliphatic carbocycles. The zero-order valence-electron chi connectivity index (χ0n) is 13.2. The number of H-pyrrole nitrogens is 1. The molecule has 2 aliphatic rings. The average molecular weight is 317 g/mol.